The fraction of sp³-hybridized carbons (Fsp3) is 0.556. The minimum atomic E-state index is -0.607. The van der Waals surface area contributed by atoms with Crippen molar-refractivity contribution in [3.63, 3.8) is 0 Å². The van der Waals surface area contributed by atoms with Gasteiger partial charge in [0.2, 0.25) is 0 Å². The molecule has 2 nitrogen and oxygen atoms in total. The van der Waals surface area contributed by atoms with Crippen LogP contribution in [-0.2, 0) is 5.60 Å². The molecule has 72 valence electrons. The second kappa shape index (κ2) is 3.69. The lowest BCUT2D eigenvalue weighted by Gasteiger charge is -2.32. The van der Waals surface area contributed by atoms with Crippen LogP contribution in [0, 0.1) is 0 Å². The van der Waals surface area contributed by atoms with E-state index in [2.05, 4.69) is 21.2 Å². The van der Waals surface area contributed by atoms with Crippen molar-refractivity contribution in [1.82, 2.24) is 5.32 Å². The minimum Gasteiger partial charge on any atom is -0.385 e. The van der Waals surface area contributed by atoms with E-state index in [1.807, 2.05) is 10.8 Å². The molecule has 4 heteroatoms. The minimum absolute atomic E-state index is 0.607. The van der Waals surface area contributed by atoms with E-state index in [4.69, 9.17) is 0 Å². The van der Waals surface area contributed by atoms with Gasteiger partial charge in [-0.25, -0.2) is 0 Å². The van der Waals surface area contributed by atoms with Crippen LogP contribution < -0.4 is 5.32 Å². The first-order valence-corrected chi connectivity index (χ1v) is 6.11. The maximum atomic E-state index is 10.3. The molecule has 2 rings (SSSR count). The Morgan fingerprint density at radius 3 is 2.62 bits per heavy atom. The first-order chi connectivity index (χ1) is 6.22. The number of halogens is 1. The highest BCUT2D eigenvalue weighted by Crippen LogP contribution is 2.37. The quantitative estimate of drug-likeness (QED) is 0.812. The van der Waals surface area contributed by atoms with Crippen molar-refractivity contribution in [3.05, 3.63) is 20.8 Å². The number of hydrogen-bond donors (Lipinski definition) is 2. The van der Waals surface area contributed by atoms with E-state index in [-0.39, 0.29) is 0 Å². The maximum absolute atomic E-state index is 10.3. The van der Waals surface area contributed by atoms with Gasteiger partial charge in [-0.2, -0.15) is 11.3 Å². The molecule has 1 saturated heterocycles. The molecule has 2 heterocycles. The maximum Gasteiger partial charge on any atom is 0.0939 e. The SMILES string of the molecule is OC1(c2cscc2Br)CCNCC1. The van der Waals surface area contributed by atoms with Crippen molar-refractivity contribution in [2.24, 2.45) is 0 Å². The lowest BCUT2D eigenvalue weighted by atomic mass is 9.87. The van der Waals surface area contributed by atoms with Crippen molar-refractivity contribution in [3.8, 4) is 0 Å². The third-order valence-corrected chi connectivity index (χ3v) is 4.25. The standard InChI is InChI=1S/C9H12BrNOS/c10-8-6-13-5-7(8)9(12)1-3-11-4-2-9/h5-6,11-12H,1-4H2. The van der Waals surface area contributed by atoms with Crippen LogP contribution in [0.2, 0.25) is 0 Å². The van der Waals surface area contributed by atoms with Crippen molar-refractivity contribution < 1.29 is 5.11 Å². The topological polar surface area (TPSA) is 32.3 Å². The molecule has 0 saturated carbocycles. The Balaban J connectivity index is 2.27. The zero-order chi connectivity index (χ0) is 9.31. The summed E-state index contributed by atoms with van der Waals surface area (Å²) >= 11 is 5.10. The van der Waals surface area contributed by atoms with E-state index in [0.717, 1.165) is 36.0 Å². The van der Waals surface area contributed by atoms with Crippen LogP contribution in [0.5, 0.6) is 0 Å². The number of thiophene rings is 1. The summed E-state index contributed by atoms with van der Waals surface area (Å²) in [7, 11) is 0. The monoisotopic (exact) mass is 261 g/mol. The number of piperidine rings is 1. The van der Waals surface area contributed by atoms with Gasteiger partial charge in [0.1, 0.15) is 0 Å². The van der Waals surface area contributed by atoms with E-state index in [9.17, 15) is 5.11 Å². The normalized spacial score (nSPS) is 21.7. The van der Waals surface area contributed by atoms with Crippen LogP contribution in [-0.4, -0.2) is 18.2 Å². The van der Waals surface area contributed by atoms with E-state index >= 15 is 0 Å². The van der Waals surface area contributed by atoms with Crippen LogP contribution in [0.1, 0.15) is 18.4 Å². The zero-order valence-electron chi connectivity index (χ0n) is 7.22. The highest BCUT2D eigenvalue weighted by Gasteiger charge is 2.33. The summed E-state index contributed by atoms with van der Waals surface area (Å²) in [6.45, 7) is 1.80. The average Bonchev–Trinajstić information content (AvgIpc) is 2.53. The molecule has 1 fully saturated rings. The van der Waals surface area contributed by atoms with Gasteiger partial charge < -0.3 is 10.4 Å². The summed E-state index contributed by atoms with van der Waals surface area (Å²) < 4.78 is 1.04. The summed E-state index contributed by atoms with van der Waals surface area (Å²) in [6.07, 6.45) is 1.62. The van der Waals surface area contributed by atoms with E-state index in [1.54, 1.807) is 11.3 Å². The Bertz CT molecular complexity index is 294. The highest BCUT2D eigenvalue weighted by atomic mass is 79.9. The molecule has 1 aromatic rings. The Morgan fingerprint density at radius 1 is 1.38 bits per heavy atom. The summed E-state index contributed by atoms with van der Waals surface area (Å²) in [4.78, 5) is 0. The summed E-state index contributed by atoms with van der Waals surface area (Å²) in [5.74, 6) is 0. The van der Waals surface area contributed by atoms with Crippen LogP contribution in [0.4, 0.5) is 0 Å². The van der Waals surface area contributed by atoms with Gasteiger partial charge in [-0.05, 0) is 47.2 Å². The smallest absolute Gasteiger partial charge is 0.0939 e. The van der Waals surface area contributed by atoms with Gasteiger partial charge in [-0.3, -0.25) is 0 Å². The molecule has 1 aromatic heterocycles. The molecule has 0 aromatic carbocycles. The number of nitrogens with one attached hydrogen (secondary N) is 1. The third kappa shape index (κ3) is 1.81. The molecule has 1 aliphatic rings. The van der Waals surface area contributed by atoms with Crippen molar-refractivity contribution >= 4 is 27.3 Å². The zero-order valence-corrected chi connectivity index (χ0v) is 9.62. The van der Waals surface area contributed by atoms with Gasteiger partial charge in [0.25, 0.3) is 0 Å². The molecular weight excluding hydrogens is 250 g/mol. The number of aliphatic hydroxyl groups is 1. The first kappa shape index (κ1) is 9.65. The predicted octanol–water partition coefficient (Wildman–Crippen LogP) is 2.08. The van der Waals surface area contributed by atoms with Gasteiger partial charge in [0.15, 0.2) is 0 Å². The van der Waals surface area contributed by atoms with Gasteiger partial charge in [-0.15, -0.1) is 0 Å². The highest BCUT2D eigenvalue weighted by molar-refractivity contribution is 9.10. The fourth-order valence-electron chi connectivity index (χ4n) is 1.72. The van der Waals surface area contributed by atoms with E-state index in [1.165, 1.54) is 0 Å². The molecule has 13 heavy (non-hydrogen) atoms. The molecule has 2 N–H and O–H groups in total. The number of rotatable bonds is 1. The summed E-state index contributed by atoms with van der Waals surface area (Å²) in [6, 6.07) is 0. The lowest BCUT2D eigenvalue weighted by Crippen LogP contribution is -2.39. The van der Waals surface area contributed by atoms with Crippen molar-refractivity contribution in [1.29, 1.82) is 0 Å². The second-order valence-corrected chi connectivity index (χ2v) is 5.01. The Labute approximate surface area is 90.1 Å². The van der Waals surface area contributed by atoms with Crippen molar-refractivity contribution in [2.45, 2.75) is 18.4 Å². The van der Waals surface area contributed by atoms with Gasteiger partial charge in [-0.1, -0.05) is 0 Å². The fourth-order valence-corrected chi connectivity index (χ4v) is 3.48. The molecule has 0 bridgehead atoms. The largest absolute Gasteiger partial charge is 0.385 e. The molecular formula is C9H12BrNOS. The molecule has 0 spiro atoms. The molecule has 0 aliphatic carbocycles. The van der Waals surface area contributed by atoms with E-state index < -0.39 is 5.60 Å². The Kier molecular flexibility index (Phi) is 2.74. The third-order valence-electron chi connectivity index (χ3n) is 2.55. The first-order valence-electron chi connectivity index (χ1n) is 4.38. The summed E-state index contributed by atoms with van der Waals surface area (Å²) in [5, 5.41) is 17.7. The Hall–Kier alpha value is 0.1000. The number of hydrogen-bond acceptors (Lipinski definition) is 3. The molecule has 0 radical (unpaired) electrons. The van der Waals surface area contributed by atoms with Gasteiger partial charge >= 0.3 is 0 Å². The average molecular weight is 262 g/mol. The lowest BCUT2D eigenvalue weighted by molar-refractivity contribution is 0.00570. The van der Waals surface area contributed by atoms with Crippen LogP contribution in [0.15, 0.2) is 15.2 Å². The molecule has 1 aliphatic heterocycles. The Morgan fingerprint density at radius 2 is 2.08 bits per heavy atom. The predicted molar refractivity (Wildman–Crippen MR) is 58.0 cm³/mol. The molecule has 0 amide bonds. The van der Waals surface area contributed by atoms with Crippen LogP contribution in [0.25, 0.3) is 0 Å². The summed E-state index contributed by atoms with van der Waals surface area (Å²) in [5.41, 5.74) is 0.448. The molecule has 0 unspecified atom stereocenters. The van der Waals surface area contributed by atoms with E-state index in [0.29, 0.717) is 0 Å². The van der Waals surface area contributed by atoms with Crippen molar-refractivity contribution in [2.75, 3.05) is 13.1 Å². The van der Waals surface area contributed by atoms with Crippen LogP contribution >= 0.6 is 27.3 Å². The second-order valence-electron chi connectivity index (χ2n) is 3.41. The van der Waals surface area contributed by atoms with Gasteiger partial charge in [0, 0.05) is 15.4 Å². The van der Waals surface area contributed by atoms with Crippen LogP contribution in [0.3, 0.4) is 0 Å². The molecule has 0 atom stereocenters. The van der Waals surface area contributed by atoms with Gasteiger partial charge in [0.05, 0.1) is 5.60 Å².